The zero-order valence-electron chi connectivity index (χ0n) is 20.8. The van der Waals surface area contributed by atoms with Crippen LogP contribution in [0.5, 0.6) is 0 Å². The van der Waals surface area contributed by atoms with Crippen LogP contribution in [0.25, 0.3) is 5.57 Å². The van der Waals surface area contributed by atoms with E-state index in [4.69, 9.17) is 16.3 Å². The van der Waals surface area contributed by atoms with Crippen molar-refractivity contribution in [3.8, 4) is 0 Å². The van der Waals surface area contributed by atoms with E-state index >= 15 is 0 Å². The second-order valence-corrected chi connectivity index (χ2v) is 10.3. The molecule has 0 spiro atoms. The minimum absolute atomic E-state index is 0.190. The van der Waals surface area contributed by atoms with Crippen LogP contribution < -0.4 is 19.8 Å². The van der Waals surface area contributed by atoms with Gasteiger partial charge in [-0.3, -0.25) is 14.2 Å². The van der Waals surface area contributed by atoms with Gasteiger partial charge < -0.3 is 9.64 Å². The lowest BCUT2D eigenvalue weighted by Crippen LogP contribution is -2.41. The van der Waals surface area contributed by atoms with Crippen molar-refractivity contribution in [2.45, 2.75) is 39.7 Å². The number of unbranched alkanes of at least 4 members (excludes halogenated alkanes) is 1. The fraction of sp³-hybridized carbons (Fsp3) is 0.286. The van der Waals surface area contributed by atoms with Crippen LogP contribution >= 0.6 is 22.9 Å². The summed E-state index contributed by atoms with van der Waals surface area (Å²) in [5, 5.41) is 0.539. The third kappa shape index (κ3) is 4.24. The minimum Gasteiger partial charge on any atom is -0.463 e. The molecule has 2 aliphatic heterocycles. The Kier molecular flexibility index (Phi) is 6.88. The van der Waals surface area contributed by atoms with Crippen LogP contribution in [0, 0.1) is 0 Å². The van der Waals surface area contributed by atoms with E-state index < -0.39 is 12.0 Å². The van der Waals surface area contributed by atoms with Crippen LogP contribution in [0.1, 0.15) is 50.8 Å². The van der Waals surface area contributed by atoms with Gasteiger partial charge in [0.25, 0.3) is 11.5 Å². The highest BCUT2D eigenvalue weighted by atomic mass is 35.5. The van der Waals surface area contributed by atoms with Gasteiger partial charge in [-0.1, -0.05) is 66.6 Å². The number of allylic oxidation sites excluding steroid dienone is 1. The number of carbonyl (C=O) groups is 2. The van der Waals surface area contributed by atoms with Gasteiger partial charge in [-0.05, 0) is 44.0 Å². The average molecular weight is 536 g/mol. The second-order valence-electron chi connectivity index (χ2n) is 8.88. The predicted molar refractivity (Wildman–Crippen MR) is 144 cm³/mol. The third-order valence-electron chi connectivity index (χ3n) is 6.56. The fourth-order valence-corrected chi connectivity index (χ4v) is 6.10. The number of hydrogen-bond donors (Lipinski definition) is 0. The molecule has 2 aliphatic rings. The van der Waals surface area contributed by atoms with Gasteiger partial charge in [0.15, 0.2) is 4.80 Å². The van der Waals surface area contributed by atoms with E-state index in [1.165, 1.54) is 15.9 Å². The Labute approximate surface area is 223 Å². The monoisotopic (exact) mass is 535 g/mol. The van der Waals surface area contributed by atoms with Crippen molar-refractivity contribution in [2.75, 3.05) is 18.1 Å². The molecule has 0 N–H and O–H groups in total. The van der Waals surface area contributed by atoms with E-state index in [0.717, 1.165) is 24.1 Å². The van der Waals surface area contributed by atoms with Crippen LogP contribution in [0.3, 0.4) is 0 Å². The van der Waals surface area contributed by atoms with Crippen molar-refractivity contribution < 1.29 is 14.3 Å². The predicted octanol–water partition coefficient (Wildman–Crippen LogP) is 3.97. The maximum Gasteiger partial charge on any atom is 0.338 e. The van der Waals surface area contributed by atoms with E-state index in [-0.39, 0.29) is 23.6 Å². The van der Waals surface area contributed by atoms with Gasteiger partial charge in [0.1, 0.15) is 4.53 Å². The molecule has 0 bridgehead atoms. The Balaban J connectivity index is 1.78. The Morgan fingerprint density at radius 1 is 1.11 bits per heavy atom. The molecular weight excluding hydrogens is 510 g/mol. The molecule has 5 rings (SSSR count). The third-order valence-corrected chi connectivity index (χ3v) is 7.87. The van der Waals surface area contributed by atoms with Crippen molar-refractivity contribution in [3.05, 3.63) is 95.6 Å². The number of aromatic nitrogens is 1. The van der Waals surface area contributed by atoms with Crippen molar-refractivity contribution in [3.63, 3.8) is 0 Å². The molecule has 2 aromatic carbocycles. The highest BCUT2D eigenvalue weighted by Crippen LogP contribution is 2.36. The molecule has 37 heavy (non-hydrogen) atoms. The summed E-state index contributed by atoms with van der Waals surface area (Å²) in [4.78, 5) is 47.6. The summed E-state index contributed by atoms with van der Waals surface area (Å²) in [5.41, 5.74) is 3.01. The quantitative estimate of drug-likeness (QED) is 0.447. The second kappa shape index (κ2) is 10.1. The van der Waals surface area contributed by atoms with Crippen LogP contribution in [0.4, 0.5) is 5.69 Å². The number of benzene rings is 2. The van der Waals surface area contributed by atoms with Gasteiger partial charge in [-0.25, -0.2) is 9.79 Å². The Bertz CT molecular complexity index is 1620. The highest BCUT2D eigenvalue weighted by molar-refractivity contribution is 7.07. The number of ether oxygens (including phenoxy) is 1. The van der Waals surface area contributed by atoms with Gasteiger partial charge in [0.05, 0.1) is 35.2 Å². The summed E-state index contributed by atoms with van der Waals surface area (Å²) >= 11 is 7.30. The maximum absolute atomic E-state index is 14.1. The number of esters is 1. The molecule has 0 unspecified atom stereocenters. The molecule has 0 saturated carbocycles. The molecule has 0 aliphatic carbocycles. The molecule has 190 valence electrons. The molecule has 1 atom stereocenters. The van der Waals surface area contributed by atoms with Gasteiger partial charge in [0.2, 0.25) is 0 Å². The van der Waals surface area contributed by atoms with Crippen molar-refractivity contribution >= 4 is 46.1 Å². The lowest BCUT2D eigenvalue weighted by Gasteiger charge is -2.24. The first-order valence-corrected chi connectivity index (χ1v) is 13.5. The summed E-state index contributed by atoms with van der Waals surface area (Å²) in [5.74, 6) is -0.723. The molecule has 0 radical (unpaired) electrons. The number of para-hydroxylation sites is 1. The fourth-order valence-electron chi connectivity index (χ4n) is 4.84. The van der Waals surface area contributed by atoms with Gasteiger partial charge in [-0.2, -0.15) is 0 Å². The summed E-state index contributed by atoms with van der Waals surface area (Å²) < 4.78 is 7.16. The van der Waals surface area contributed by atoms with E-state index in [9.17, 15) is 14.4 Å². The summed E-state index contributed by atoms with van der Waals surface area (Å²) in [7, 11) is 0. The first-order valence-electron chi connectivity index (χ1n) is 12.3. The average Bonchev–Trinajstić information content (AvgIpc) is 3.34. The van der Waals surface area contributed by atoms with Crippen molar-refractivity contribution in [1.82, 2.24) is 4.57 Å². The Morgan fingerprint density at radius 3 is 2.54 bits per heavy atom. The van der Waals surface area contributed by atoms with E-state index in [0.29, 0.717) is 37.7 Å². The first-order chi connectivity index (χ1) is 17.9. The normalized spacial score (nSPS) is 18.0. The number of thiazole rings is 1. The number of anilines is 1. The Hall–Kier alpha value is -3.49. The first kappa shape index (κ1) is 25.2. The standard InChI is InChI=1S/C28H26ClN3O4S/c1-4-6-15-31-20-10-8-7-9-19(20)22(25(31)33)24-26(34)32-23(17-11-13-18(29)14-12-17)21(27(35)36-5-2)16(3)30-28(32)37-24/h7-14,23H,4-6,15H2,1-3H3/b24-22-/t23-/m0/s1. The van der Waals surface area contributed by atoms with Crippen LogP contribution in [0.15, 0.2) is 69.6 Å². The highest BCUT2D eigenvalue weighted by Gasteiger charge is 2.37. The number of halogens is 1. The summed E-state index contributed by atoms with van der Waals surface area (Å²) in [6.45, 7) is 6.31. The van der Waals surface area contributed by atoms with E-state index in [1.54, 1.807) is 43.0 Å². The SMILES string of the molecule is CCCCN1C(=O)/C(=c2\sc3n(c2=O)[C@@H](c2ccc(Cl)cc2)C(C(=O)OCC)=C(C)N=3)c2ccccc21. The van der Waals surface area contributed by atoms with Crippen molar-refractivity contribution in [2.24, 2.45) is 4.99 Å². The van der Waals surface area contributed by atoms with Gasteiger partial charge >= 0.3 is 5.97 Å². The molecular formula is C28H26ClN3O4S. The smallest absolute Gasteiger partial charge is 0.338 e. The van der Waals surface area contributed by atoms with Crippen molar-refractivity contribution in [1.29, 1.82) is 0 Å². The number of carbonyl (C=O) groups excluding carboxylic acids is 2. The molecule has 7 nitrogen and oxygen atoms in total. The lowest BCUT2D eigenvalue weighted by molar-refractivity contribution is -0.139. The number of rotatable bonds is 6. The van der Waals surface area contributed by atoms with Crippen LogP contribution in [-0.4, -0.2) is 29.6 Å². The maximum atomic E-state index is 14.1. The zero-order chi connectivity index (χ0) is 26.3. The number of amides is 1. The molecule has 0 saturated heterocycles. The molecule has 3 heterocycles. The minimum atomic E-state index is -0.759. The molecule has 3 aromatic rings. The van der Waals surface area contributed by atoms with E-state index in [1.807, 2.05) is 24.3 Å². The topological polar surface area (TPSA) is 81.0 Å². The zero-order valence-corrected chi connectivity index (χ0v) is 22.4. The number of hydrogen-bond acceptors (Lipinski definition) is 6. The van der Waals surface area contributed by atoms with Gasteiger partial charge in [0, 0.05) is 17.1 Å². The summed E-state index contributed by atoms with van der Waals surface area (Å²) in [6.07, 6.45) is 1.80. The largest absolute Gasteiger partial charge is 0.463 e. The molecule has 1 aromatic heterocycles. The number of fused-ring (bicyclic) bond motifs is 2. The van der Waals surface area contributed by atoms with Gasteiger partial charge in [-0.15, -0.1) is 0 Å². The molecule has 1 amide bonds. The van der Waals surface area contributed by atoms with E-state index in [2.05, 4.69) is 11.9 Å². The molecule has 0 fully saturated rings. The number of nitrogens with zero attached hydrogens (tertiary/aromatic N) is 3. The molecule has 9 heteroatoms. The van der Waals surface area contributed by atoms with Crippen LogP contribution in [0.2, 0.25) is 5.02 Å². The summed E-state index contributed by atoms with van der Waals surface area (Å²) in [6, 6.07) is 13.8. The Morgan fingerprint density at radius 2 is 1.84 bits per heavy atom. The lowest BCUT2D eigenvalue weighted by atomic mass is 9.96. The van der Waals surface area contributed by atoms with Crippen LogP contribution in [-0.2, 0) is 14.3 Å².